The Morgan fingerprint density at radius 1 is 1.67 bits per heavy atom. The highest BCUT2D eigenvalue weighted by Crippen LogP contribution is 2.06. The molecule has 1 aliphatic rings. The molecule has 1 rings (SSSR count). The van der Waals surface area contributed by atoms with Crippen LogP contribution in [0.1, 0.15) is 26.2 Å². The molecule has 1 aliphatic heterocycles. The van der Waals surface area contributed by atoms with Gasteiger partial charge in [0.05, 0.1) is 12.5 Å². The van der Waals surface area contributed by atoms with Gasteiger partial charge in [0.1, 0.15) is 0 Å². The highest BCUT2D eigenvalue weighted by Gasteiger charge is 2.27. The fourth-order valence-corrected chi connectivity index (χ4v) is 1.79. The van der Waals surface area contributed by atoms with Crippen molar-refractivity contribution in [1.29, 1.82) is 0 Å². The molecule has 0 saturated carbocycles. The fraction of sp³-hybridized carbons (Fsp3) is 0.800. The number of hydrogen-bond donors (Lipinski definition) is 2. The van der Waals surface area contributed by atoms with Gasteiger partial charge in [0, 0.05) is 13.1 Å². The molecule has 15 heavy (non-hydrogen) atoms. The lowest BCUT2D eigenvalue weighted by molar-refractivity contribution is -0.142. The molecular formula is C10H18N2O3. The summed E-state index contributed by atoms with van der Waals surface area (Å²) < 4.78 is 0. The molecule has 0 spiro atoms. The van der Waals surface area contributed by atoms with E-state index >= 15 is 0 Å². The second-order valence-electron chi connectivity index (χ2n) is 3.78. The van der Waals surface area contributed by atoms with Gasteiger partial charge in [-0.1, -0.05) is 6.92 Å². The van der Waals surface area contributed by atoms with E-state index in [1.165, 1.54) is 0 Å². The second kappa shape index (κ2) is 5.70. The summed E-state index contributed by atoms with van der Waals surface area (Å²) in [6.07, 6.45) is 1.67. The number of hydrogen-bond acceptors (Lipinski definition) is 3. The summed E-state index contributed by atoms with van der Waals surface area (Å²) in [5.41, 5.74) is 0. The van der Waals surface area contributed by atoms with E-state index in [2.05, 4.69) is 5.32 Å². The van der Waals surface area contributed by atoms with Crippen molar-refractivity contribution in [2.24, 2.45) is 0 Å². The number of carboxylic acids is 1. The second-order valence-corrected chi connectivity index (χ2v) is 3.78. The number of carboxylic acid groups (broad SMARTS) is 1. The topological polar surface area (TPSA) is 69.6 Å². The van der Waals surface area contributed by atoms with Crippen LogP contribution in [-0.4, -0.2) is 47.6 Å². The quantitative estimate of drug-likeness (QED) is 0.694. The minimum Gasteiger partial charge on any atom is -0.481 e. The van der Waals surface area contributed by atoms with Gasteiger partial charge in [0.25, 0.3) is 0 Å². The molecule has 1 fully saturated rings. The lowest BCUT2D eigenvalue weighted by Crippen LogP contribution is -2.44. The zero-order chi connectivity index (χ0) is 11.3. The number of nitrogens with zero attached hydrogens (tertiary/aromatic N) is 1. The molecule has 1 saturated heterocycles. The van der Waals surface area contributed by atoms with Crippen LogP contribution < -0.4 is 5.32 Å². The summed E-state index contributed by atoms with van der Waals surface area (Å²) in [7, 11) is 0. The van der Waals surface area contributed by atoms with Crippen molar-refractivity contribution < 1.29 is 14.7 Å². The van der Waals surface area contributed by atoms with Crippen LogP contribution in [0, 0.1) is 0 Å². The standard InChI is InChI=1S/C10H18N2O3/c1-2-5-12-6-3-4-11-8(10(12)15)7-9(13)14/h8,11H,2-7H2,1H3,(H,13,14). The van der Waals surface area contributed by atoms with Gasteiger partial charge in [-0.25, -0.2) is 0 Å². The molecule has 0 radical (unpaired) electrons. The number of amides is 1. The number of nitrogens with one attached hydrogen (secondary N) is 1. The van der Waals surface area contributed by atoms with Crippen LogP contribution in [0.5, 0.6) is 0 Å². The molecule has 0 aromatic rings. The SMILES string of the molecule is CCCN1CCCNC(CC(=O)O)C1=O. The monoisotopic (exact) mass is 214 g/mol. The predicted octanol–water partition coefficient (Wildman–Crippen LogP) is 0.0616. The summed E-state index contributed by atoms with van der Waals surface area (Å²) in [6, 6.07) is -0.545. The van der Waals surface area contributed by atoms with Crippen molar-refractivity contribution in [3.05, 3.63) is 0 Å². The normalized spacial score (nSPS) is 22.6. The average molecular weight is 214 g/mol. The van der Waals surface area contributed by atoms with E-state index in [0.29, 0.717) is 6.54 Å². The Morgan fingerprint density at radius 2 is 2.40 bits per heavy atom. The maximum Gasteiger partial charge on any atom is 0.305 e. The predicted molar refractivity (Wildman–Crippen MR) is 55.5 cm³/mol. The Kier molecular flexibility index (Phi) is 4.55. The Labute approximate surface area is 89.4 Å². The molecule has 0 aliphatic carbocycles. The molecule has 2 N–H and O–H groups in total. The van der Waals surface area contributed by atoms with Gasteiger partial charge in [-0.15, -0.1) is 0 Å². The van der Waals surface area contributed by atoms with Gasteiger partial charge in [-0.3, -0.25) is 9.59 Å². The molecule has 0 bridgehead atoms. The van der Waals surface area contributed by atoms with Crippen molar-refractivity contribution in [3.8, 4) is 0 Å². The zero-order valence-corrected chi connectivity index (χ0v) is 9.03. The van der Waals surface area contributed by atoms with E-state index in [9.17, 15) is 9.59 Å². The molecule has 5 nitrogen and oxygen atoms in total. The van der Waals surface area contributed by atoms with Gasteiger partial charge in [-0.05, 0) is 19.4 Å². The lowest BCUT2D eigenvalue weighted by Gasteiger charge is -2.22. The van der Waals surface area contributed by atoms with E-state index < -0.39 is 12.0 Å². The zero-order valence-electron chi connectivity index (χ0n) is 9.03. The van der Waals surface area contributed by atoms with Gasteiger partial charge in [0.2, 0.25) is 5.91 Å². The largest absolute Gasteiger partial charge is 0.481 e. The summed E-state index contributed by atoms with van der Waals surface area (Å²) >= 11 is 0. The molecule has 1 unspecified atom stereocenters. The molecule has 1 heterocycles. The third kappa shape index (κ3) is 3.51. The Hall–Kier alpha value is -1.10. The maximum absolute atomic E-state index is 11.9. The van der Waals surface area contributed by atoms with Crippen molar-refractivity contribution in [3.63, 3.8) is 0 Å². The van der Waals surface area contributed by atoms with Crippen molar-refractivity contribution in [2.45, 2.75) is 32.2 Å². The average Bonchev–Trinajstić information content (AvgIpc) is 2.33. The lowest BCUT2D eigenvalue weighted by atomic mass is 10.2. The minimum atomic E-state index is -0.931. The summed E-state index contributed by atoms with van der Waals surface area (Å²) in [5.74, 6) is -1.00. The molecule has 86 valence electrons. The van der Waals surface area contributed by atoms with Crippen molar-refractivity contribution in [2.75, 3.05) is 19.6 Å². The Bertz CT molecular complexity index is 243. The first-order valence-corrected chi connectivity index (χ1v) is 5.39. The summed E-state index contributed by atoms with van der Waals surface area (Å²) in [6.45, 7) is 4.17. The van der Waals surface area contributed by atoms with Crippen LogP contribution in [0.2, 0.25) is 0 Å². The Morgan fingerprint density at radius 3 is 3.00 bits per heavy atom. The van der Waals surface area contributed by atoms with Crippen LogP contribution in [0.25, 0.3) is 0 Å². The van der Waals surface area contributed by atoms with Gasteiger partial charge < -0.3 is 15.3 Å². The Balaban J connectivity index is 2.61. The van der Waals surface area contributed by atoms with Gasteiger partial charge in [-0.2, -0.15) is 0 Å². The van der Waals surface area contributed by atoms with Crippen molar-refractivity contribution in [1.82, 2.24) is 10.2 Å². The van der Waals surface area contributed by atoms with E-state index in [1.807, 2.05) is 6.92 Å². The first-order chi connectivity index (χ1) is 7.15. The van der Waals surface area contributed by atoms with E-state index in [1.54, 1.807) is 4.90 Å². The third-order valence-corrected chi connectivity index (χ3v) is 2.48. The first-order valence-electron chi connectivity index (χ1n) is 5.39. The van der Waals surface area contributed by atoms with Gasteiger partial charge in [0.15, 0.2) is 0 Å². The molecule has 5 heteroatoms. The number of carbonyl (C=O) groups excluding carboxylic acids is 1. The third-order valence-electron chi connectivity index (χ3n) is 2.48. The van der Waals surface area contributed by atoms with Crippen LogP contribution in [0.4, 0.5) is 0 Å². The highest BCUT2D eigenvalue weighted by atomic mass is 16.4. The van der Waals surface area contributed by atoms with Gasteiger partial charge >= 0.3 is 5.97 Å². The smallest absolute Gasteiger partial charge is 0.305 e. The van der Waals surface area contributed by atoms with Crippen LogP contribution in [0.3, 0.4) is 0 Å². The van der Waals surface area contributed by atoms with Crippen LogP contribution in [-0.2, 0) is 9.59 Å². The van der Waals surface area contributed by atoms with E-state index in [0.717, 1.165) is 25.9 Å². The minimum absolute atomic E-state index is 0.0725. The van der Waals surface area contributed by atoms with E-state index in [-0.39, 0.29) is 12.3 Å². The molecule has 1 amide bonds. The molecule has 1 atom stereocenters. The van der Waals surface area contributed by atoms with Crippen LogP contribution >= 0.6 is 0 Å². The van der Waals surface area contributed by atoms with Crippen LogP contribution in [0.15, 0.2) is 0 Å². The molecular weight excluding hydrogens is 196 g/mol. The molecule has 0 aromatic heterocycles. The first kappa shape index (κ1) is 12.0. The maximum atomic E-state index is 11.9. The van der Waals surface area contributed by atoms with E-state index in [4.69, 9.17) is 5.11 Å². The van der Waals surface area contributed by atoms with Crippen molar-refractivity contribution >= 4 is 11.9 Å². The number of aliphatic carboxylic acids is 1. The fourth-order valence-electron chi connectivity index (χ4n) is 1.79. The number of carbonyl (C=O) groups is 2. The molecule has 0 aromatic carbocycles. The summed E-state index contributed by atoms with van der Waals surface area (Å²) in [4.78, 5) is 24.2. The number of rotatable bonds is 4. The summed E-state index contributed by atoms with van der Waals surface area (Å²) in [5, 5.41) is 11.7. The highest BCUT2D eigenvalue weighted by molar-refractivity contribution is 5.86.